The van der Waals surface area contributed by atoms with Crippen LogP contribution in [0.5, 0.6) is 0 Å². The van der Waals surface area contributed by atoms with Gasteiger partial charge in [-0.1, -0.05) is 29.8 Å². The number of nitrogens with zero attached hydrogens (tertiary/aromatic N) is 1. The van der Waals surface area contributed by atoms with Crippen LogP contribution in [0.2, 0.25) is 0 Å². The van der Waals surface area contributed by atoms with E-state index in [4.69, 9.17) is 0 Å². The number of benzene rings is 1. The number of carbonyl (C=O) groups excluding carboxylic acids is 1. The van der Waals surface area contributed by atoms with Gasteiger partial charge in [0.25, 0.3) is 5.56 Å². The largest absolute Gasteiger partial charge is 0.355 e. The zero-order valence-corrected chi connectivity index (χ0v) is 18.2. The fraction of sp³-hybridized carbons (Fsp3) is 0.409. The highest BCUT2D eigenvalue weighted by Crippen LogP contribution is 2.34. The summed E-state index contributed by atoms with van der Waals surface area (Å²) in [5.74, 6) is 2.43. The third-order valence-corrected chi connectivity index (χ3v) is 7.39. The van der Waals surface area contributed by atoms with Gasteiger partial charge in [-0.2, -0.15) is 11.8 Å². The summed E-state index contributed by atoms with van der Waals surface area (Å²) in [6.45, 7) is 2.73. The van der Waals surface area contributed by atoms with E-state index in [1.165, 1.54) is 21.6 Å². The van der Waals surface area contributed by atoms with E-state index in [1.54, 1.807) is 11.3 Å². The maximum absolute atomic E-state index is 12.5. The summed E-state index contributed by atoms with van der Waals surface area (Å²) in [6, 6.07) is 8.54. The van der Waals surface area contributed by atoms with Crippen molar-refractivity contribution in [2.24, 2.45) is 0 Å². The second kappa shape index (κ2) is 9.13. The number of hydrogen-bond acceptors (Lipinski definition) is 5. The van der Waals surface area contributed by atoms with Gasteiger partial charge >= 0.3 is 0 Å². The second-order valence-electron chi connectivity index (χ2n) is 7.44. The molecule has 0 saturated heterocycles. The van der Waals surface area contributed by atoms with Crippen molar-refractivity contribution in [3.63, 3.8) is 0 Å². The molecule has 2 aromatic heterocycles. The van der Waals surface area contributed by atoms with Crippen molar-refractivity contribution in [2.45, 2.75) is 44.8 Å². The number of carbonyl (C=O) groups is 1. The summed E-state index contributed by atoms with van der Waals surface area (Å²) >= 11 is 3.44. The molecule has 3 aromatic rings. The van der Waals surface area contributed by atoms with Gasteiger partial charge in [0.15, 0.2) is 0 Å². The van der Waals surface area contributed by atoms with Gasteiger partial charge in [-0.05, 0) is 37.3 Å². The molecular weight excluding hydrogens is 402 g/mol. The summed E-state index contributed by atoms with van der Waals surface area (Å²) < 4.78 is 0. The minimum Gasteiger partial charge on any atom is -0.355 e. The van der Waals surface area contributed by atoms with Crippen molar-refractivity contribution in [2.75, 3.05) is 12.3 Å². The van der Waals surface area contributed by atoms with Crippen molar-refractivity contribution in [1.29, 1.82) is 0 Å². The lowest BCUT2D eigenvalue weighted by Gasteiger charge is -2.06. The first-order valence-corrected chi connectivity index (χ1v) is 12.0. The third-order valence-electron chi connectivity index (χ3n) is 5.17. The third kappa shape index (κ3) is 4.90. The number of hydrogen-bond donors (Lipinski definition) is 2. The zero-order chi connectivity index (χ0) is 20.2. The molecule has 0 atom stereocenters. The Morgan fingerprint density at radius 2 is 2.10 bits per heavy atom. The van der Waals surface area contributed by atoms with E-state index >= 15 is 0 Å². The summed E-state index contributed by atoms with van der Waals surface area (Å²) in [7, 11) is 0. The Bertz CT molecular complexity index is 1070. The van der Waals surface area contributed by atoms with Gasteiger partial charge in [0.05, 0.1) is 5.39 Å². The molecule has 0 bridgehead atoms. The number of rotatable bonds is 8. The number of H-pyrrole nitrogens is 1. The van der Waals surface area contributed by atoms with Crippen molar-refractivity contribution < 1.29 is 4.79 Å². The topological polar surface area (TPSA) is 74.8 Å². The standard InChI is InChI=1S/C22H25N3O2S2/c1-14-5-7-15(8-6-14)13-28-12-11-23-19(26)10-9-18-24-21(27)20-16-3-2-4-17(16)29-22(20)25-18/h5-8H,2-4,9-13H2,1H3,(H,23,26)(H,24,25,27). The fourth-order valence-electron chi connectivity index (χ4n) is 3.62. The molecule has 2 N–H and O–H groups in total. The molecule has 1 aliphatic carbocycles. The molecular formula is C22H25N3O2S2. The molecule has 4 rings (SSSR count). The van der Waals surface area contributed by atoms with Crippen LogP contribution in [0.1, 0.15) is 40.2 Å². The van der Waals surface area contributed by atoms with Crippen molar-refractivity contribution in [1.82, 2.24) is 15.3 Å². The minimum absolute atomic E-state index is 0.00245. The van der Waals surface area contributed by atoms with Crippen LogP contribution in [0.25, 0.3) is 10.2 Å². The number of aryl methyl sites for hydroxylation is 4. The van der Waals surface area contributed by atoms with Crippen LogP contribution in [0.4, 0.5) is 0 Å². The molecule has 0 saturated carbocycles. The predicted molar refractivity (Wildman–Crippen MR) is 121 cm³/mol. The number of amides is 1. The van der Waals surface area contributed by atoms with Crippen LogP contribution in [-0.4, -0.2) is 28.2 Å². The average molecular weight is 428 g/mol. The normalized spacial score (nSPS) is 13.0. The molecule has 2 heterocycles. The van der Waals surface area contributed by atoms with E-state index in [-0.39, 0.29) is 11.5 Å². The number of thioether (sulfide) groups is 1. The Morgan fingerprint density at radius 3 is 2.93 bits per heavy atom. The van der Waals surface area contributed by atoms with Crippen LogP contribution < -0.4 is 10.9 Å². The summed E-state index contributed by atoms with van der Waals surface area (Å²) in [6.07, 6.45) is 3.94. The zero-order valence-electron chi connectivity index (χ0n) is 16.5. The molecule has 0 unspecified atom stereocenters. The maximum atomic E-state index is 12.5. The van der Waals surface area contributed by atoms with E-state index in [9.17, 15) is 9.59 Å². The van der Waals surface area contributed by atoms with Crippen molar-refractivity contribution in [3.8, 4) is 0 Å². The number of aromatic nitrogens is 2. The number of thiophene rings is 1. The minimum atomic E-state index is -0.0580. The number of nitrogens with one attached hydrogen (secondary N) is 2. The monoisotopic (exact) mass is 427 g/mol. The van der Waals surface area contributed by atoms with Gasteiger partial charge in [0, 0.05) is 35.8 Å². The van der Waals surface area contributed by atoms with Crippen molar-refractivity contribution >= 4 is 39.2 Å². The molecule has 7 heteroatoms. The van der Waals surface area contributed by atoms with Gasteiger partial charge in [0.2, 0.25) is 5.91 Å². The molecule has 29 heavy (non-hydrogen) atoms. The van der Waals surface area contributed by atoms with Gasteiger partial charge in [0.1, 0.15) is 10.7 Å². The molecule has 0 aliphatic heterocycles. The Morgan fingerprint density at radius 1 is 1.28 bits per heavy atom. The number of aromatic amines is 1. The average Bonchev–Trinajstić information content (AvgIpc) is 3.28. The first-order chi connectivity index (χ1) is 14.1. The van der Waals surface area contributed by atoms with E-state index in [1.807, 2.05) is 11.8 Å². The van der Waals surface area contributed by atoms with Gasteiger partial charge in [-0.3, -0.25) is 9.59 Å². The van der Waals surface area contributed by atoms with Crippen LogP contribution in [0.3, 0.4) is 0 Å². The van der Waals surface area contributed by atoms with E-state index in [0.29, 0.717) is 25.2 Å². The predicted octanol–water partition coefficient (Wildman–Crippen LogP) is 3.76. The molecule has 0 spiro atoms. The molecule has 5 nitrogen and oxygen atoms in total. The Balaban J connectivity index is 1.21. The quantitative estimate of drug-likeness (QED) is 0.537. The van der Waals surface area contributed by atoms with E-state index < -0.39 is 0 Å². The second-order valence-corrected chi connectivity index (χ2v) is 9.63. The summed E-state index contributed by atoms with van der Waals surface area (Å²) in [5.41, 5.74) is 3.70. The van der Waals surface area contributed by atoms with E-state index in [0.717, 1.165) is 41.0 Å². The van der Waals surface area contributed by atoms with Crippen LogP contribution in [0.15, 0.2) is 29.1 Å². The Hall–Kier alpha value is -2.12. The van der Waals surface area contributed by atoms with Crippen LogP contribution in [0, 0.1) is 6.92 Å². The highest BCUT2D eigenvalue weighted by molar-refractivity contribution is 7.98. The van der Waals surface area contributed by atoms with Crippen LogP contribution in [-0.2, 0) is 29.8 Å². The lowest BCUT2D eigenvalue weighted by atomic mass is 10.2. The van der Waals surface area contributed by atoms with Crippen LogP contribution >= 0.6 is 23.1 Å². The van der Waals surface area contributed by atoms with Gasteiger partial charge in [-0.25, -0.2) is 4.98 Å². The maximum Gasteiger partial charge on any atom is 0.259 e. The molecule has 0 fully saturated rings. The fourth-order valence-corrected chi connectivity index (χ4v) is 5.72. The van der Waals surface area contributed by atoms with Gasteiger partial charge < -0.3 is 10.3 Å². The Kier molecular flexibility index (Phi) is 6.35. The Labute approximate surface area is 178 Å². The molecule has 1 aromatic carbocycles. The molecule has 152 valence electrons. The van der Waals surface area contributed by atoms with Gasteiger partial charge in [-0.15, -0.1) is 11.3 Å². The highest BCUT2D eigenvalue weighted by atomic mass is 32.2. The summed E-state index contributed by atoms with van der Waals surface area (Å²) in [5, 5.41) is 3.72. The number of fused-ring (bicyclic) bond motifs is 3. The lowest BCUT2D eigenvalue weighted by molar-refractivity contribution is -0.120. The van der Waals surface area contributed by atoms with Crippen molar-refractivity contribution in [3.05, 3.63) is 62.0 Å². The first kappa shape index (κ1) is 20.2. The molecule has 0 radical (unpaired) electrons. The smallest absolute Gasteiger partial charge is 0.259 e. The van der Waals surface area contributed by atoms with E-state index in [2.05, 4.69) is 46.5 Å². The summed E-state index contributed by atoms with van der Waals surface area (Å²) in [4.78, 5) is 34.2. The molecule has 1 amide bonds. The SMILES string of the molecule is Cc1ccc(CSCCNC(=O)CCc2nc3sc4c(c3c(=O)[nH]2)CCC4)cc1. The first-order valence-electron chi connectivity index (χ1n) is 10.0. The molecule has 1 aliphatic rings. The highest BCUT2D eigenvalue weighted by Gasteiger charge is 2.21. The lowest BCUT2D eigenvalue weighted by Crippen LogP contribution is -2.26.